The summed E-state index contributed by atoms with van der Waals surface area (Å²) in [5.74, 6) is -0.229. The molecule has 3 atom stereocenters. The number of phosphoric ester groups is 1. The summed E-state index contributed by atoms with van der Waals surface area (Å²) in [7, 11) is 1.50. The number of amides is 1. The van der Waals surface area contributed by atoms with Crippen molar-refractivity contribution in [1.82, 2.24) is 5.32 Å². The number of allylic oxidation sites excluding steroid dienone is 23. The highest BCUT2D eigenvalue weighted by molar-refractivity contribution is 7.47. The van der Waals surface area contributed by atoms with Gasteiger partial charge in [0.1, 0.15) is 13.2 Å². The van der Waals surface area contributed by atoms with E-state index < -0.39 is 20.0 Å². The second-order valence-corrected chi connectivity index (χ2v) is 21.7. The Labute approximate surface area is 455 Å². The van der Waals surface area contributed by atoms with Gasteiger partial charge in [0.25, 0.3) is 0 Å². The first-order valence-electron chi connectivity index (χ1n) is 29.2. The molecular formula is C65H110N2O6P+. The molecule has 0 radical (unpaired) electrons. The highest BCUT2D eigenvalue weighted by Crippen LogP contribution is 2.43. The molecule has 0 bridgehead atoms. The van der Waals surface area contributed by atoms with E-state index in [4.69, 9.17) is 9.05 Å². The van der Waals surface area contributed by atoms with Crippen molar-refractivity contribution in [2.75, 3.05) is 40.9 Å². The van der Waals surface area contributed by atoms with Crippen LogP contribution in [0.2, 0.25) is 0 Å². The minimum Gasteiger partial charge on any atom is -0.387 e. The maximum atomic E-state index is 13.0. The average Bonchev–Trinajstić information content (AvgIpc) is 3.36. The van der Waals surface area contributed by atoms with Gasteiger partial charge in [-0.1, -0.05) is 230 Å². The zero-order chi connectivity index (χ0) is 54.2. The van der Waals surface area contributed by atoms with Crippen molar-refractivity contribution in [3.05, 3.63) is 146 Å². The van der Waals surface area contributed by atoms with Crippen molar-refractivity contribution in [1.29, 1.82) is 0 Å². The Morgan fingerprint density at radius 2 is 0.824 bits per heavy atom. The Morgan fingerprint density at radius 3 is 1.24 bits per heavy atom. The molecule has 0 heterocycles. The van der Waals surface area contributed by atoms with Gasteiger partial charge in [-0.3, -0.25) is 13.8 Å². The molecular weight excluding hydrogens is 936 g/mol. The summed E-state index contributed by atoms with van der Waals surface area (Å²) in [6.07, 6.45) is 83.8. The number of likely N-dealkylation sites (N-methyl/N-ethyl adjacent to an activating group) is 1. The van der Waals surface area contributed by atoms with Crippen LogP contribution in [0.15, 0.2) is 146 Å². The summed E-state index contributed by atoms with van der Waals surface area (Å²) < 4.78 is 23.7. The number of nitrogens with zero attached hydrogens (tertiary/aromatic N) is 1. The minimum absolute atomic E-state index is 0.0380. The van der Waals surface area contributed by atoms with Gasteiger partial charge >= 0.3 is 7.82 Å². The van der Waals surface area contributed by atoms with E-state index in [1.165, 1.54) is 77.0 Å². The molecule has 0 aromatic rings. The van der Waals surface area contributed by atoms with Gasteiger partial charge < -0.3 is 19.8 Å². The number of aliphatic hydroxyl groups excluding tert-OH is 1. The quantitative estimate of drug-likeness (QED) is 0.0243. The van der Waals surface area contributed by atoms with Gasteiger partial charge in [-0.25, -0.2) is 4.57 Å². The predicted molar refractivity (Wildman–Crippen MR) is 322 cm³/mol. The van der Waals surface area contributed by atoms with Gasteiger partial charge in [-0.2, -0.15) is 0 Å². The zero-order valence-corrected chi connectivity index (χ0v) is 48.7. The molecule has 0 saturated carbocycles. The molecule has 0 aromatic heterocycles. The predicted octanol–water partition coefficient (Wildman–Crippen LogP) is 18.1. The van der Waals surface area contributed by atoms with Crippen LogP contribution in [0.1, 0.15) is 206 Å². The molecule has 3 unspecified atom stereocenters. The number of phosphoric acid groups is 1. The summed E-state index contributed by atoms with van der Waals surface area (Å²) in [6.45, 7) is 4.63. The molecule has 74 heavy (non-hydrogen) atoms. The van der Waals surface area contributed by atoms with Crippen LogP contribution in [0.3, 0.4) is 0 Å². The Kier molecular flexibility index (Phi) is 51.5. The van der Waals surface area contributed by atoms with Crippen LogP contribution in [0.5, 0.6) is 0 Å². The molecule has 8 nitrogen and oxygen atoms in total. The summed E-state index contributed by atoms with van der Waals surface area (Å²) in [5.41, 5.74) is 0. The number of hydrogen-bond donors (Lipinski definition) is 3. The molecule has 0 aromatic carbocycles. The second kappa shape index (κ2) is 54.2. The number of carbonyl (C=O) groups excluding carboxylic acids is 1. The third-order valence-corrected chi connectivity index (χ3v) is 13.0. The lowest BCUT2D eigenvalue weighted by Crippen LogP contribution is -2.45. The second-order valence-electron chi connectivity index (χ2n) is 20.3. The lowest BCUT2D eigenvalue weighted by molar-refractivity contribution is -0.870. The molecule has 0 spiro atoms. The van der Waals surface area contributed by atoms with Gasteiger partial charge in [0.15, 0.2) is 0 Å². The van der Waals surface area contributed by atoms with Crippen LogP contribution in [-0.4, -0.2) is 73.4 Å². The fourth-order valence-corrected chi connectivity index (χ4v) is 8.21. The van der Waals surface area contributed by atoms with E-state index >= 15 is 0 Å². The minimum atomic E-state index is -4.38. The summed E-state index contributed by atoms with van der Waals surface area (Å²) in [5, 5.41) is 13.9. The molecule has 0 saturated heterocycles. The van der Waals surface area contributed by atoms with E-state index in [0.717, 1.165) is 103 Å². The largest absolute Gasteiger partial charge is 0.472 e. The zero-order valence-electron chi connectivity index (χ0n) is 47.8. The molecule has 1 amide bonds. The van der Waals surface area contributed by atoms with Crippen LogP contribution < -0.4 is 5.32 Å². The van der Waals surface area contributed by atoms with E-state index in [-0.39, 0.29) is 19.1 Å². The Hall–Kier alpha value is -3.62. The maximum Gasteiger partial charge on any atom is 0.472 e. The normalized spacial score (nSPS) is 15.0. The van der Waals surface area contributed by atoms with Crippen LogP contribution in [0.25, 0.3) is 0 Å². The fraction of sp³-hybridized carbons (Fsp3) is 0.615. The number of quaternary nitrogens is 1. The van der Waals surface area contributed by atoms with E-state index in [2.05, 4.69) is 153 Å². The number of aliphatic hydroxyl groups is 1. The first-order chi connectivity index (χ1) is 36.0. The SMILES string of the molecule is CC/C=C\C/C=C\C/C=C\C/C=C\C/C=C\C/C=C\C/C=C\C/C=C\C/C=C\CCCCCC(=O)NC(COP(=O)(O)OCC[N+](C)(C)C)C(O)/C=C/CC/C=C/CC/C=C/CCCCCCCCCCCCC. The summed E-state index contributed by atoms with van der Waals surface area (Å²) in [6, 6.07) is -0.900. The van der Waals surface area contributed by atoms with Gasteiger partial charge in [0, 0.05) is 6.42 Å². The van der Waals surface area contributed by atoms with E-state index in [1.54, 1.807) is 6.08 Å². The Morgan fingerprint density at radius 1 is 0.473 bits per heavy atom. The third kappa shape index (κ3) is 56.1. The number of carbonyl (C=O) groups is 1. The fourth-order valence-electron chi connectivity index (χ4n) is 7.48. The van der Waals surface area contributed by atoms with Crippen LogP contribution in [0.4, 0.5) is 0 Å². The molecule has 3 N–H and O–H groups in total. The highest BCUT2D eigenvalue weighted by Gasteiger charge is 2.27. The van der Waals surface area contributed by atoms with Gasteiger partial charge in [0.05, 0.1) is 39.9 Å². The smallest absolute Gasteiger partial charge is 0.387 e. The molecule has 9 heteroatoms. The molecule has 0 fully saturated rings. The number of nitrogens with one attached hydrogen (secondary N) is 1. The van der Waals surface area contributed by atoms with Crippen molar-refractivity contribution in [2.45, 2.75) is 219 Å². The van der Waals surface area contributed by atoms with Gasteiger partial charge in [-0.15, -0.1) is 0 Å². The monoisotopic (exact) mass is 1050 g/mol. The first kappa shape index (κ1) is 70.4. The van der Waals surface area contributed by atoms with E-state index in [0.29, 0.717) is 23.9 Å². The van der Waals surface area contributed by atoms with E-state index in [9.17, 15) is 19.4 Å². The topological polar surface area (TPSA) is 105 Å². The summed E-state index contributed by atoms with van der Waals surface area (Å²) >= 11 is 0. The number of hydrogen-bond acceptors (Lipinski definition) is 5. The Bertz CT molecular complexity index is 1710. The van der Waals surface area contributed by atoms with Crippen LogP contribution in [0, 0.1) is 0 Å². The van der Waals surface area contributed by atoms with E-state index in [1.807, 2.05) is 27.2 Å². The third-order valence-electron chi connectivity index (χ3n) is 12.0. The number of rotatable bonds is 51. The first-order valence-corrected chi connectivity index (χ1v) is 30.7. The number of unbranched alkanes of at least 4 members (excludes halogenated alkanes) is 16. The molecule has 0 aliphatic heterocycles. The molecule has 0 aliphatic rings. The molecule has 0 rings (SSSR count). The standard InChI is InChI=1S/C65H109N2O6P/c1-6-8-10-12-14-16-18-20-22-24-26-28-29-30-31-32-33-34-35-36-37-39-41-43-45-47-49-51-53-55-57-59-65(69)66-63(62-73-74(70,71)72-61-60-67(3,4)5)64(68)58-56-54-52-50-48-46-44-42-40-38-27-25-23-21-19-17-15-13-11-9-7-2/h8,10,14,16,20,22,26,28,30-31,33-34,36-37,40-43,47-50,56,58,63-64,68H,6-7,9,11-13,15,17-19,21,23-25,27,29,32,35,38-39,44-46,51-55,57,59-62H2,1-5H3,(H-,66,69,70,71)/p+1/b10-8-,16-14-,22-20-,28-26-,31-30-,34-33-,37-36-,42-40+,43-41-,49-47-,50-48+,58-56+. The Balaban J connectivity index is 4.41. The average molecular weight is 1050 g/mol. The van der Waals surface area contributed by atoms with Gasteiger partial charge in [0.2, 0.25) is 5.91 Å². The van der Waals surface area contributed by atoms with Crippen LogP contribution >= 0.6 is 7.82 Å². The van der Waals surface area contributed by atoms with Crippen molar-refractivity contribution < 1.29 is 32.9 Å². The van der Waals surface area contributed by atoms with Gasteiger partial charge in [-0.05, 0) is 116 Å². The van der Waals surface area contributed by atoms with Crippen molar-refractivity contribution >= 4 is 13.7 Å². The maximum absolute atomic E-state index is 13.0. The van der Waals surface area contributed by atoms with Crippen molar-refractivity contribution in [3.63, 3.8) is 0 Å². The van der Waals surface area contributed by atoms with Crippen molar-refractivity contribution in [2.24, 2.45) is 0 Å². The lowest BCUT2D eigenvalue weighted by atomic mass is 10.1. The van der Waals surface area contributed by atoms with Crippen molar-refractivity contribution in [3.8, 4) is 0 Å². The highest BCUT2D eigenvalue weighted by atomic mass is 31.2. The molecule has 0 aliphatic carbocycles. The van der Waals surface area contributed by atoms with Crippen LogP contribution in [-0.2, 0) is 18.4 Å². The summed E-state index contributed by atoms with van der Waals surface area (Å²) in [4.78, 5) is 23.3. The molecule has 420 valence electrons. The lowest BCUT2D eigenvalue weighted by Gasteiger charge is -2.25.